The van der Waals surface area contributed by atoms with Crippen molar-refractivity contribution in [2.75, 3.05) is 0 Å². The minimum Gasteiger partial charge on any atom is -0.364 e. The third-order valence-corrected chi connectivity index (χ3v) is 2.92. The van der Waals surface area contributed by atoms with Crippen LogP contribution in [0.25, 0.3) is 0 Å². The molecule has 0 aromatic rings. The molecule has 1 atom stereocenters. The van der Waals surface area contributed by atoms with Gasteiger partial charge >= 0.3 is 0 Å². The van der Waals surface area contributed by atoms with Gasteiger partial charge in [-0.1, -0.05) is 56.9 Å². The van der Waals surface area contributed by atoms with Crippen molar-refractivity contribution < 1.29 is 9.50 Å². The average molecular weight is 256 g/mol. The summed E-state index contributed by atoms with van der Waals surface area (Å²) < 4.78 is 12.1. The summed E-state index contributed by atoms with van der Waals surface area (Å²) in [4.78, 5) is 0. The summed E-state index contributed by atoms with van der Waals surface area (Å²) in [6.07, 6.45) is 17.6. The second-order valence-corrected chi connectivity index (χ2v) is 4.78. The zero-order valence-electron chi connectivity index (χ0n) is 11.8. The van der Waals surface area contributed by atoms with Gasteiger partial charge in [-0.25, -0.2) is 4.39 Å². The fourth-order valence-electron chi connectivity index (χ4n) is 1.79. The lowest BCUT2D eigenvalue weighted by Crippen LogP contribution is -1.95. The Morgan fingerprint density at radius 3 is 2.00 bits per heavy atom. The van der Waals surface area contributed by atoms with Crippen molar-refractivity contribution in [3.05, 3.63) is 24.3 Å². The zero-order valence-corrected chi connectivity index (χ0v) is 11.8. The molecule has 1 unspecified atom stereocenters. The molecule has 0 spiro atoms. The minimum atomic E-state index is -1.62. The number of aliphatic hydroxyl groups excluding tert-OH is 1. The monoisotopic (exact) mass is 256 g/mol. The van der Waals surface area contributed by atoms with Gasteiger partial charge in [0.1, 0.15) is 0 Å². The maximum Gasteiger partial charge on any atom is 0.196 e. The van der Waals surface area contributed by atoms with Gasteiger partial charge in [-0.2, -0.15) is 0 Å². The first-order chi connectivity index (χ1) is 8.77. The van der Waals surface area contributed by atoms with Gasteiger partial charge in [0.2, 0.25) is 0 Å². The summed E-state index contributed by atoms with van der Waals surface area (Å²) in [5, 5.41) is 8.44. The van der Waals surface area contributed by atoms with Crippen molar-refractivity contribution in [1.82, 2.24) is 0 Å². The first-order valence-electron chi connectivity index (χ1n) is 7.41. The third-order valence-electron chi connectivity index (χ3n) is 2.92. The molecule has 0 saturated carbocycles. The molecule has 0 aromatic carbocycles. The maximum absolute atomic E-state index is 12.1. The van der Waals surface area contributed by atoms with Crippen molar-refractivity contribution in [1.29, 1.82) is 0 Å². The minimum absolute atomic E-state index is 0.288. The first-order valence-corrected chi connectivity index (χ1v) is 7.41. The molecular weight excluding hydrogens is 227 g/mol. The fraction of sp³-hybridized carbons (Fsp3) is 0.750. The molecule has 0 amide bonds. The lowest BCUT2D eigenvalue weighted by Gasteiger charge is -2.00. The molecule has 0 aliphatic carbocycles. The highest BCUT2D eigenvalue weighted by atomic mass is 19.1. The standard InChI is InChI=1S/C16H29FO/c1-2-3-4-5-6-7-8-9-10-11-12-13-14-15-16(17)18/h6-9,16,18H,2-5,10-15H2,1H3. The van der Waals surface area contributed by atoms with Crippen LogP contribution < -0.4 is 0 Å². The van der Waals surface area contributed by atoms with Gasteiger partial charge in [-0.15, -0.1) is 0 Å². The molecule has 0 rings (SSSR count). The molecule has 1 N–H and O–H groups in total. The smallest absolute Gasteiger partial charge is 0.196 e. The van der Waals surface area contributed by atoms with E-state index in [4.69, 9.17) is 5.11 Å². The van der Waals surface area contributed by atoms with Crippen LogP contribution in [0, 0.1) is 0 Å². The molecule has 0 heterocycles. The van der Waals surface area contributed by atoms with E-state index in [0.29, 0.717) is 0 Å². The molecule has 18 heavy (non-hydrogen) atoms. The highest BCUT2D eigenvalue weighted by Gasteiger charge is 1.97. The highest BCUT2D eigenvalue weighted by Crippen LogP contribution is 2.08. The third kappa shape index (κ3) is 15.4. The van der Waals surface area contributed by atoms with Crippen molar-refractivity contribution in [3.63, 3.8) is 0 Å². The second-order valence-electron chi connectivity index (χ2n) is 4.78. The molecule has 0 aliphatic heterocycles. The Labute approximate surface area is 112 Å². The quantitative estimate of drug-likeness (QED) is 0.371. The Morgan fingerprint density at radius 2 is 1.44 bits per heavy atom. The van der Waals surface area contributed by atoms with Crippen molar-refractivity contribution in [2.24, 2.45) is 0 Å². The SMILES string of the molecule is CCCCCC=CC=CCCCCCCC(O)F. The van der Waals surface area contributed by atoms with Crippen LogP contribution in [0.1, 0.15) is 71.1 Å². The van der Waals surface area contributed by atoms with Crippen molar-refractivity contribution in [3.8, 4) is 0 Å². The Kier molecular flexibility index (Phi) is 13.9. The van der Waals surface area contributed by atoms with Crippen LogP contribution in [-0.4, -0.2) is 11.5 Å². The van der Waals surface area contributed by atoms with E-state index >= 15 is 0 Å². The van der Waals surface area contributed by atoms with Gasteiger partial charge in [-0.05, 0) is 32.1 Å². The van der Waals surface area contributed by atoms with E-state index in [-0.39, 0.29) is 6.42 Å². The predicted octanol–water partition coefficient (Wildman–Crippen LogP) is 5.31. The summed E-state index contributed by atoms with van der Waals surface area (Å²) >= 11 is 0. The molecule has 0 aliphatic rings. The molecule has 1 nitrogen and oxygen atoms in total. The topological polar surface area (TPSA) is 20.2 Å². The number of rotatable bonds is 12. The van der Waals surface area contributed by atoms with Crippen LogP contribution in [0.3, 0.4) is 0 Å². The van der Waals surface area contributed by atoms with E-state index in [1.54, 1.807) is 0 Å². The predicted molar refractivity (Wildman–Crippen MR) is 77.2 cm³/mol. The first kappa shape index (κ1) is 17.4. The number of hydrogen-bond acceptors (Lipinski definition) is 1. The van der Waals surface area contributed by atoms with Gasteiger partial charge in [0.25, 0.3) is 0 Å². The van der Waals surface area contributed by atoms with Gasteiger partial charge in [0.15, 0.2) is 6.36 Å². The molecule has 0 radical (unpaired) electrons. The van der Waals surface area contributed by atoms with E-state index in [1.165, 1.54) is 25.7 Å². The highest BCUT2D eigenvalue weighted by molar-refractivity contribution is 5.02. The number of alkyl halides is 1. The Morgan fingerprint density at radius 1 is 0.889 bits per heavy atom. The zero-order chi connectivity index (χ0) is 13.5. The van der Waals surface area contributed by atoms with E-state index in [0.717, 1.165) is 32.1 Å². The number of allylic oxidation sites excluding steroid dienone is 4. The maximum atomic E-state index is 12.1. The fourth-order valence-corrected chi connectivity index (χ4v) is 1.79. The number of unbranched alkanes of at least 4 members (excludes halogenated alkanes) is 7. The molecule has 0 bridgehead atoms. The van der Waals surface area contributed by atoms with Crippen LogP contribution >= 0.6 is 0 Å². The Bertz CT molecular complexity index is 209. The summed E-state index contributed by atoms with van der Waals surface area (Å²) in [6, 6.07) is 0. The van der Waals surface area contributed by atoms with Crippen LogP contribution in [0.4, 0.5) is 4.39 Å². The van der Waals surface area contributed by atoms with Crippen LogP contribution in [0.2, 0.25) is 0 Å². The normalized spacial score (nSPS) is 13.7. The lowest BCUT2D eigenvalue weighted by molar-refractivity contribution is 0.0323. The molecule has 0 fully saturated rings. The second kappa shape index (κ2) is 14.4. The molecular formula is C16H29FO. The van der Waals surface area contributed by atoms with Gasteiger partial charge < -0.3 is 5.11 Å². The average Bonchev–Trinajstić information content (AvgIpc) is 2.34. The van der Waals surface area contributed by atoms with Gasteiger partial charge in [-0.3, -0.25) is 0 Å². The summed E-state index contributed by atoms with van der Waals surface area (Å²) in [5.74, 6) is 0. The summed E-state index contributed by atoms with van der Waals surface area (Å²) in [5.41, 5.74) is 0. The van der Waals surface area contributed by atoms with Crippen LogP contribution in [0.15, 0.2) is 24.3 Å². The van der Waals surface area contributed by atoms with Gasteiger partial charge in [0.05, 0.1) is 0 Å². The van der Waals surface area contributed by atoms with E-state index in [1.807, 2.05) is 0 Å². The van der Waals surface area contributed by atoms with Crippen molar-refractivity contribution in [2.45, 2.75) is 77.5 Å². The van der Waals surface area contributed by atoms with Gasteiger partial charge in [0, 0.05) is 6.42 Å². The van der Waals surface area contributed by atoms with E-state index < -0.39 is 6.36 Å². The summed E-state index contributed by atoms with van der Waals surface area (Å²) in [7, 11) is 0. The number of hydrogen-bond donors (Lipinski definition) is 1. The summed E-state index contributed by atoms with van der Waals surface area (Å²) in [6.45, 7) is 2.22. The Hall–Kier alpha value is -0.630. The largest absolute Gasteiger partial charge is 0.364 e. The van der Waals surface area contributed by atoms with Crippen LogP contribution in [0.5, 0.6) is 0 Å². The number of halogens is 1. The van der Waals surface area contributed by atoms with E-state index in [9.17, 15) is 4.39 Å². The molecule has 2 heteroatoms. The lowest BCUT2D eigenvalue weighted by atomic mass is 10.1. The van der Waals surface area contributed by atoms with E-state index in [2.05, 4.69) is 31.2 Å². The van der Waals surface area contributed by atoms with Crippen molar-refractivity contribution >= 4 is 0 Å². The molecule has 0 aromatic heterocycles. The molecule has 0 saturated heterocycles. The van der Waals surface area contributed by atoms with Crippen LogP contribution in [-0.2, 0) is 0 Å². The molecule has 106 valence electrons. The Balaban J connectivity index is 3.17. The number of aliphatic hydroxyl groups is 1.